The van der Waals surface area contributed by atoms with Gasteiger partial charge in [-0.15, -0.1) is 0 Å². The highest BCUT2D eigenvalue weighted by molar-refractivity contribution is 9.10. The summed E-state index contributed by atoms with van der Waals surface area (Å²) in [4.78, 5) is 0. The lowest BCUT2D eigenvalue weighted by molar-refractivity contribution is 0.159. The van der Waals surface area contributed by atoms with E-state index in [9.17, 15) is 5.11 Å². The molecular weight excluding hydrogens is 288 g/mol. The molecule has 0 aliphatic heterocycles. The highest BCUT2D eigenvalue weighted by Gasteiger charge is 2.09. The van der Waals surface area contributed by atoms with E-state index in [1.807, 2.05) is 12.1 Å². The maximum Gasteiger partial charge on any atom is 0.0790 e. The highest BCUT2D eigenvalue weighted by Crippen LogP contribution is 2.26. The average molecular weight is 307 g/mol. The molecule has 0 heterocycles. The van der Waals surface area contributed by atoms with Gasteiger partial charge in [0.25, 0.3) is 0 Å². The van der Waals surface area contributed by atoms with Crippen LogP contribution < -0.4 is 0 Å². The van der Waals surface area contributed by atoms with Gasteiger partial charge >= 0.3 is 0 Å². The summed E-state index contributed by atoms with van der Waals surface area (Å²) in [5.41, 5.74) is 1.02. The normalized spacial score (nSPS) is 13.2. The summed E-state index contributed by atoms with van der Waals surface area (Å²) in [6.45, 7) is 4.37. The molecule has 2 rings (SSSR count). The van der Waals surface area contributed by atoms with Crippen LogP contribution in [0.3, 0.4) is 0 Å². The smallest absolute Gasteiger partial charge is 0.0790 e. The van der Waals surface area contributed by atoms with Crippen molar-refractivity contribution in [2.45, 2.75) is 32.8 Å². The molecule has 0 saturated carbocycles. The van der Waals surface area contributed by atoms with Gasteiger partial charge in [-0.05, 0) is 53.3 Å². The van der Waals surface area contributed by atoms with Gasteiger partial charge in [0.2, 0.25) is 0 Å². The van der Waals surface area contributed by atoms with Crippen molar-refractivity contribution in [2.24, 2.45) is 5.92 Å². The molecule has 0 aliphatic rings. The summed E-state index contributed by atoms with van der Waals surface area (Å²) in [6.07, 6.45) is 1.54. The summed E-state index contributed by atoms with van der Waals surface area (Å²) in [6, 6.07) is 12.4. The van der Waals surface area contributed by atoms with Gasteiger partial charge in [-0.25, -0.2) is 0 Å². The molecule has 1 N–H and O–H groups in total. The molecule has 1 nitrogen and oxygen atoms in total. The first kappa shape index (κ1) is 13.6. The molecule has 0 fully saturated rings. The fourth-order valence-electron chi connectivity index (χ4n) is 2.10. The number of hydrogen-bond donors (Lipinski definition) is 1. The van der Waals surface area contributed by atoms with Crippen LogP contribution in [0.2, 0.25) is 0 Å². The van der Waals surface area contributed by atoms with Gasteiger partial charge in [-0.2, -0.15) is 0 Å². The lowest BCUT2D eigenvalue weighted by atomic mass is 9.98. The van der Waals surface area contributed by atoms with Crippen LogP contribution in [0.4, 0.5) is 0 Å². The number of benzene rings is 2. The molecule has 0 aliphatic carbocycles. The van der Waals surface area contributed by atoms with E-state index in [2.05, 4.69) is 54.0 Å². The molecule has 18 heavy (non-hydrogen) atoms. The maximum absolute atomic E-state index is 10.2. The Morgan fingerprint density at radius 3 is 2.39 bits per heavy atom. The zero-order valence-corrected chi connectivity index (χ0v) is 12.4. The molecule has 1 unspecified atom stereocenters. The molecule has 96 valence electrons. The van der Waals surface area contributed by atoms with Crippen LogP contribution in [0.5, 0.6) is 0 Å². The second-order valence-corrected chi connectivity index (χ2v) is 6.15. The first-order chi connectivity index (χ1) is 8.56. The van der Waals surface area contributed by atoms with E-state index < -0.39 is 0 Å². The SMILES string of the molecule is CC(C)CCC(O)c1ccc2cc(Br)ccc2c1. The Hall–Kier alpha value is -0.860. The van der Waals surface area contributed by atoms with Gasteiger partial charge in [0, 0.05) is 4.47 Å². The van der Waals surface area contributed by atoms with Crippen LogP contribution in [0.1, 0.15) is 38.4 Å². The Kier molecular flexibility index (Phi) is 4.41. The molecule has 0 amide bonds. The van der Waals surface area contributed by atoms with Gasteiger partial charge in [-0.3, -0.25) is 0 Å². The lowest BCUT2D eigenvalue weighted by Crippen LogP contribution is -1.99. The minimum Gasteiger partial charge on any atom is -0.388 e. The molecule has 0 bridgehead atoms. The quantitative estimate of drug-likeness (QED) is 0.836. The molecule has 1 atom stereocenters. The number of hydrogen-bond acceptors (Lipinski definition) is 1. The second-order valence-electron chi connectivity index (χ2n) is 5.24. The summed E-state index contributed by atoms with van der Waals surface area (Å²) in [5, 5.41) is 12.6. The van der Waals surface area contributed by atoms with Crippen molar-refractivity contribution < 1.29 is 5.11 Å². The van der Waals surface area contributed by atoms with Crippen LogP contribution in [-0.2, 0) is 0 Å². The minimum atomic E-state index is -0.347. The molecular formula is C16H19BrO. The van der Waals surface area contributed by atoms with Crippen LogP contribution in [0.15, 0.2) is 40.9 Å². The Labute approximate surface area is 117 Å². The van der Waals surface area contributed by atoms with E-state index in [1.165, 1.54) is 10.8 Å². The zero-order chi connectivity index (χ0) is 13.1. The average Bonchev–Trinajstić information content (AvgIpc) is 2.35. The topological polar surface area (TPSA) is 20.2 Å². The molecule has 2 heteroatoms. The number of fused-ring (bicyclic) bond motifs is 1. The van der Waals surface area contributed by atoms with E-state index >= 15 is 0 Å². The largest absolute Gasteiger partial charge is 0.388 e. The Balaban J connectivity index is 2.21. The van der Waals surface area contributed by atoms with E-state index in [0.717, 1.165) is 22.9 Å². The Morgan fingerprint density at radius 2 is 1.67 bits per heavy atom. The lowest BCUT2D eigenvalue weighted by Gasteiger charge is -2.13. The standard InChI is InChI=1S/C16H19BrO/c1-11(2)3-8-16(18)14-5-4-13-10-15(17)7-6-12(13)9-14/h4-7,9-11,16,18H,3,8H2,1-2H3. The van der Waals surface area contributed by atoms with E-state index in [1.54, 1.807) is 0 Å². The summed E-state index contributed by atoms with van der Waals surface area (Å²) in [5.74, 6) is 0.635. The van der Waals surface area contributed by atoms with Crippen molar-refractivity contribution in [1.29, 1.82) is 0 Å². The van der Waals surface area contributed by atoms with Crippen molar-refractivity contribution >= 4 is 26.7 Å². The predicted octanol–water partition coefficient (Wildman–Crippen LogP) is 5.07. The van der Waals surface area contributed by atoms with Crippen LogP contribution in [0, 0.1) is 5.92 Å². The molecule has 2 aromatic carbocycles. The summed E-state index contributed by atoms with van der Waals surface area (Å²) in [7, 11) is 0. The van der Waals surface area contributed by atoms with E-state index in [-0.39, 0.29) is 6.10 Å². The molecule has 0 aromatic heterocycles. The monoisotopic (exact) mass is 306 g/mol. The molecule has 0 saturated heterocycles. The number of aliphatic hydroxyl groups excluding tert-OH is 1. The third-order valence-corrected chi connectivity index (χ3v) is 3.72. The number of aliphatic hydroxyl groups is 1. The minimum absolute atomic E-state index is 0.347. The molecule has 0 spiro atoms. The number of halogens is 1. The van der Waals surface area contributed by atoms with Gasteiger partial charge in [-0.1, -0.05) is 48.0 Å². The van der Waals surface area contributed by atoms with Gasteiger partial charge in [0.1, 0.15) is 0 Å². The zero-order valence-electron chi connectivity index (χ0n) is 10.9. The van der Waals surface area contributed by atoms with Gasteiger partial charge < -0.3 is 5.11 Å². The van der Waals surface area contributed by atoms with Crippen LogP contribution >= 0.6 is 15.9 Å². The first-order valence-corrected chi connectivity index (χ1v) is 7.23. The van der Waals surface area contributed by atoms with Crippen LogP contribution in [-0.4, -0.2) is 5.11 Å². The summed E-state index contributed by atoms with van der Waals surface area (Å²) < 4.78 is 1.09. The van der Waals surface area contributed by atoms with Crippen molar-refractivity contribution in [1.82, 2.24) is 0 Å². The second kappa shape index (κ2) is 5.85. The fraction of sp³-hybridized carbons (Fsp3) is 0.375. The van der Waals surface area contributed by atoms with Gasteiger partial charge in [0.15, 0.2) is 0 Å². The third-order valence-electron chi connectivity index (χ3n) is 3.23. The van der Waals surface area contributed by atoms with E-state index in [4.69, 9.17) is 0 Å². The highest BCUT2D eigenvalue weighted by atomic mass is 79.9. The van der Waals surface area contributed by atoms with Crippen molar-refractivity contribution in [3.05, 3.63) is 46.4 Å². The van der Waals surface area contributed by atoms with Crippen molar-refractivity contribution in [3.63, 3.8) is 0 Å². The van der Waals surface area contributed by atoms with E-state index in [0.29, 0.717) is 5.92 Å². The first-order valence-electron chi connectivity index (χ1n) is 6.43. The van der Waals surface area contributed by atoms with Crippen LogP contribution in [0.25, 0.3) is 10.8 Å². The number of rotatable bonds is 4. The van der Waals surface area contributed by atoms with Crippen molar-refractivity contribution in [3.8, 4) is 0 Å². The molecule has 0 radical (unpaired) electrons. The summed E-state index contributed by atoms with van der Waals surface area (Å²) >= 11 is 3.47. The molecule has 2 aromatic rings. The Bertz CT molecular complexity index is 534. The van der Waals surface area contributed by atoms with Crippen molar-refractivity contribution in [2.75, 3.05) is 0 Å². The third kappa shape index (κ3) is 3.33. The Morgan fingerprint density at radius 1 is 1.00 bits per heavy atom. The maximum atomic E-state index is 10.2. The van der Waals surface area contributed by atoms with Gasteiger partial charge in [0.05, 0.1) is 6.10 Å². The predicted molar refractivity (Wildman–Crippen MR) is 80.7 cm³/mol. The fourth-order valence-corrected chi connectivity index (χ4v) is 2.48.